The second-order valence-corrected chi connectivity index (χ2v) is 6.45. The number of carbonyl (C=O) groups is 1. The standard InChI is InChI=1S/C19H25N3O/c1-3-15-4-6-16(7-5-15)14-22(18-9-10-18)19(23)11-8-17-12-20-21(2)13-17/h4-7,12-13,18H,3,8-11,14H2,1-2H3. The van der Waals surface area contributed by atoms with Gasteiger partial charge in [0.2, 0.25) is 5.91 Å². The van der Waals surface area contributed by atoms with E-state index in [-0.39, 0.29) is 5.91 Å². The molecule has 1 aliphatic carbocycles. The van der Waals surface area contributed by atoms with Crippen LogP contribution in [0.5, 0.6) is 0 Å². The number of nitrogens with zero attached hydrogens (tertiary/aromatic N) is 3. The summed E-state index contributed by atoms with van der Waals surface area (Å²) >= 11 is 0. The van der Waals surface area contributed by atoms with Gasteiger partial charge in [0.25, 0.3) is 0 Å². The van der Waals surface area contributed by atoms with Gasteiger partial charge < -0.3 is 4.90 Å². The van der Waals surface area contributed by atoms with E-state index in [4.69, 9.17) is 0 Å². The van der Waals surface area contributed by atoms with Gasteiger partial charge in [-0.05, 0) is 42.4 Å². The Bertz CT molecular complexity index is 656. The molecule has 1 fully saturated rings. The van der Waals surface area contributed by atoms with Crippen molar-refractivity contribution < 1.29 is 4.79 Å². The molecule has 0 bridgehead atoms. The number of benzene rings is 1. The Kier molecular flexibility index (Phi) is 4.79. The van der Waals surface area contributed by atoms with Gasteiger partial charge in [-0.15, -0.1) is 0 Å². The summed E-state index contributed by atoms with van der Waals surface area (Å²) in [5.74, 6) is 0.260. The quantitative estimate of drug-likeness (QED) is 0.788. The summed E-state index contributed by atoms with van der Waals surface area (Å²) in [4.78, 5) is 14.7. The molecule has 0 aliphatic heterocycles. The minimum absolute atomic E-state index is 0.260. The van der Waals surface area contributed by atoms with Crippen molar-refractivity contribution >= 4 is 5.91 Å². The maximum absolute atomic E-state index is 12.6. The molecule has 4 nitrogen and oxygen atoms in total. The fourth-order valence-corrected chi connectivity index (χ4v) is 2.88. The van der Waals surface area contributed by atoms with Gasteiger partial charge >= 0.3 is 0 Å². The van der Waals surface area contributed by atoms with Crippen molar-refractivity contribution in [3.05, 3.63) is 53.3 Å². The molecular weight excluding hydrogens is 286 g/mol. The fraction of sp³-hybridized carbons (Fsp3) is 0.474. The highest BCUT2D eigenvalue weighted by Gasteiger charge is 2.32. The summed E-state index contributed by atoms with van der Waals surface area (Å²) in [6.07, 6.45) is 8.50. The first-order chi connectivity index (χ1) is 11.2. The summed E-state index contributed by atoms with van der Waals surface area (Å²) in [6, 6.07) is 9.09. The number of hydrogen-bond donors (Lipinski definition) is 0. The van der Waals surface area contributed by atoms with E-state index < -0.39 is 0 Å². The molecule has 0 saturated heterocycles. The maximum Gasteiger partial charge on any atom is 0.223 e. The number of aryl methyl sites for hydroxylation is 3. The lowest BCUT2D eigenvalue weighted by Gasteiger charge is -2.22. The first-order valence-corrected chi connectivity index (χ1v) is 8.50. The second kappa shape index (κ2) is 6.99. The van der Waals surface area contributed by atoms with E-state index in [0.717, 1.165) is 37.8 Å². The molecule has 23 heavy (non-hydrogen) atoms. The Hall–Kier alpha value is -2.10. The molecule has 4 heteroatoms. The van der Waals surface area contributed by atoms with Gasteiger partial charge in [-0.25, -0.2) is 0 Å². The Morgan fingerprint density at radius 2 is 1.91 bits per heavy atom. The molecule has 2 aromatic rings. The van der Waals surface area contributed by atoms with Crippen LogP contribution in [-0.4, -0.2) is 26.6 Å². The van der Waals surface area contributed by atoms with Crippen LogP contribution in [0.4, 0.5) is 0 Å². The molecule has 1 aromatic carbocycles. The van der Waals surface area contributed by atoms with Crippen molar-refractivity contribution in [2.24, 2.45) is 7.05 Å². The highest BCUT2D eigenvalue weighted by atomic mass is 16.2. The number of amides is 1. The summed E-state index contributed by atoms with van der Waals surface area (Å²) in [5, 5.41) is 4.16. The molecular formula is C19H25N3O. The molecule has 1 heterocycles. The van der Waals surface area contributed by atoms with Gasteiger partial charge in [0.15, 0.2) is 0 Å². The van der Waals surface area contributed by atoms with Crippen molar-refractivity contribution in [2.45, 2.75) is 51.6 Å². The van der Waals surface area contributed by atoms with Crippen LogP contribution in [0.3, 0.4) is 0 Å². The van der Waals surface area contributed by atoms with Crippen LogP contribution < -0.4 is 0 Å². The van der Waals surface area contributed by atoms with Gasteiger partial charge in [0, 0.05) is 32.3 Å². The van der Waals surface area contributed by atoms with Crippen molar-refractivity contribution in [3.8, 4) is 0 Å². The van der Waals surface area contributed by atoms with Crippen LogP contribution in [0.25, 0.3) is 0 Å². The molecule has 1 aliphatic rings. The first-order valence-electron chi connectivity index (χ1n) is 8.50. The summed E-state index contributed by atoms with van der Waals surface area (Å²) in [5.41, 5.74) is 3.70. The van der Waals surface area contributed by atoms with Gasteiger partial charge in [-0.3, -0.25) is 9.48 Å². The average molecular weight is 311 g/mol. The van der Waals surface area contributed by atoms with E-state index in [1.54, 1.807) is 4.68 Å². The molecule has 1 amide bonds. The Morgan fingerprint density at radius 1 is 1.22 bits per heavy atom. The lowest BCUT2D eigenvalue weighted by atomic mass is 10.1. The van der Waals surface area contributed by atoms with Crippen molar-refractivity contribution in [1.82, 2.24) is 14.7 Å². The van der Waals surface area contributed by atoms with E-state index in [0.29, 0.717) is 12.5 Å². The third-order valence-corrected chi connectivity index (χ3v) is 4.48. The van der Waals surface area contributed by atoms with Gasteiger partial charge in [0.1, 0.15) is 0 Å². The van der Waals surface area contributed by atoms with Gasteiger partial charge in [0.05, 0.1) is 6.20 Å². The van der Waals surface area contributed by atoms with Gasteiger partial charge in [-0.2, -0.15) is 5.10 Å². The summed E-state index contributed by atoms with van der Waals surface area (Å²) in [6.45, 7) is 2.90. The van der Waals surface area contributed by atoms with Gasteiger partial charge in [-0.1, -0.05) is 31.2 Å². The molecule has 0 radical (unpaired) electrons. The third-order valence-electron chi connectivity index (χ3n) is 4.48. The van der Waals surface area contributed by atoms with Crippen molar-refractivity contribution in [1.29, 1.82) is 0 Å². The highest BCUT2D eigenvalue weighted by Crippen LogP contribution is 2.29. The first kappa shape index (κ1) is 15.8. The predicted octanol–water partition coefficient (Wildman–Crippen LogP) is 3.11. The van der Waals surface area contributed by atoms with Crippen LogP contribution in [0.1, 0.15) is 42.9 Å². The zero-order chi connectivity index (χ0) is 16.2. The molecule has 3 rings (SSSR count). The molecule has 0 unspecified atom stereocenters. The van der Waals surface area contributed by atoms with E-state index in [1.807, 2.05) is 19.4 Å². The minimum Gasteiger partial charge on any atom is -0.335 e. The van der Waals surface area contributed by atoms with Crippen LogP contribution in [-0.2, 0) is 31.2 Å². The summed E-state index contributed by atoms with van der Waals surface area (Å²) in [7, 11) is 1.90. The minimum atomic E-state index is 0.260. The van der Waals surface area contributed by atoms with Crippen LogP contribution >= 0.6 is 0 Å². The van der Waals surface area contributed by atoms with E-state index in [9.17, 15) is 4.79 Å². The SMILES string of the molecule is CCc1ccc(CN(C(=O)CCc2cnn(C)c2)C2CC2)cc1. The normalized spacial score (nSPS) is 14.0. The lowest BCUT2D eigenvalue weighted by molar-refractivity contribution is -0.132. The number of rotatable bonds is 7. The Morgan fingerprint density at radius 3 is 2.48 bits per heavy atom. The molecule has 1 aromatic heterocycles. The number of aromatic nitrogens is 2. The van der Waals surface area contributed by atoms with Crippen molar-refractivity contribution in [2.75, 3.05) is 0 Å². The monoisotopic (exact) mass is 311 g/mol. The molecule has 0 N–H and O–H groups in total. The zero-order valence-corrected chi connectivity index (χ0v) is 14.0. The van der Waals surface area contributed by atoms with E-state index >= 15 is 0 Å². The van der Waals surface area contributed by atoms with Crippen molar-refractivity contribution in [3.63, 3.8) is 0 Å². The Labute approximate surface area is 138 Å². The third kappa shape index (κ3) is 4.21. The molecule has 0 spiro atoms. The zero-order valence-electron chi connectivity index (χ0n) is 14.0. The smallest absolute Gasteiger partial charge is 0.223 e. The van der Waals surface area contributed by atoms with Crippen LogP contribution in [0.2, 0.25) is 0 Å². The average Bonchev–Trinajstić information content (AvgIpc) is 3.32. The molecule has 122 valence electrons. The highest BCUT2D eigenvalue weighted by molar-refractivity contribution is 5.77. The topological polar surface area (TPSA) is 38.1 Å². The predicted molar refractivity (Wildman–Crippen MR) is 90.9 cm³/mol. The summed E-state index contributed by atoms with van der Waals surface area (Å²) < 4.78 is 1.79. The number of carbonyl (C=O) groups excluding carboxylic acids is 1. The Balaban J connectivity index is 1.60. The lowest BCUT2D eigenvalue weighted by Crippen LogP contribution is -2.32. The molecule has 0 atom stereocenters. The second-order valence-electron chi connectivity index (χ2n) is 6.45. The largest absolute Gasteiger partial charge is 0.335 e. The van der Waals surface area contributed by atoms with E-state index in [1.165, 1.54) is 11.1 Å². The molecule has 1 saturated carbocycles. The number of hydrogen-bond acceptors (Lipinski definition) is 2. The maximum atomic E-state index is 12.6. The fourth-order valence-electron chi connectivity index (χ4n) is 2.88. The van der Waals surface area contributed by atoms with Crippen LogP contribution in [0, 0.1) is 0 Å². The van der Waals surface area contributed by atoms with Crippen LogP contribution in [0.15, 0.2) is 36.7 Å². The van der Waals surface area contributed by atoms with E-state index in [2.05, 4.69) is 41.2 Å².